The summed E-state index contributed by atoms with van der Waals surface area (Å²) in [4.78, 5) is 3.72. The number of rotatable bonds is 1. The van der Waals surface area contributed by atoms with E-state index in [0.717, 1.165) is 12.3 Å². The maximum atomic E-state index is 12.7. The smallest absolute Gasteiger partial charge is 0.366 e. The molecule has 17 heavy (non-hydrogen) atoms. The third kappa shape index (κ3) is 2.32. The van der Waals surface area contributed by atoms with Crippen molar-refractivity contribution in [1.82, 2.24) is 15.2 Å². The number of halogens is 3. The Morgan fingerprint density at radius 1 is 1.12 bits per heavy atom. The summed E-state index contributed by atoms with van der Waals surface area (Å²) in [6, 6.07) is 5.09. The summed E-state index contributed by atoms with van der Waals surface area (Å²) >= 11 is 0. The van der Waals surface area contributed by atoms with E-state index in [-0.39, 0.29) is 17.2 Å². The number of nitrogen functional groups attached to an aromatic ring is 1. The number of aromatic nitrogens is 3. The minimum Gasteiger partial charge on any atom is -0.366 e. The number of nitrogens with zero attached hydrogens (tertiary/aromatic N) is 3. The zero-order valence-electron chi connectivity index (χ0n) is 8.44. The molecule has 0 saturated heterocycles. The number of nitrogens with two attached hydrogens (primary N) is 1. The molecule has 4 nitrogen and oxygen atoms in total. The Kier molecular flexibility index (Phi) is 2.66. The monoisotopic (exact) mass is 240 g/mol. The Morgan fingerprint density at radius 2 is 1.82 bits per heavy atom. The van der Waals surface area contributed by atoms with Crippen molar-refractivity contribution in [2.75, 3.05) is 5.73 Å². The number of anilines is 1. The van der Waals surface area contributed by atoms with Gasteiger partial charge in [0.15, 0.2) is 0 Å². The fourth-order valence-corrected chi connectivity index (χ4v) is 1.40. The third-order valence-corrected chi connectivity index (χ3v) is 2.08. The first-order valence-electron chi connectivity index (χ1n) is 4.60. The summed E-state index contributed by atoms with van der Waals surface area (Å²) in [5.74, 6) is -0.167. The van der Waals surface area contributed by atoms with Gasteiger partial charge in [-0.1, -0.05) is 18.2 Å². The van der Waals surface area contributed by atoms with E-state index in [1.807, 2.05) is 0 Å². The van der Waals surface area contributed by atoms with Gasteiger partial charge in [0.25, 0.3) is 0 Å². The highest BCUT2D eigenvalue weighted by Crippen LogP contribution is 2.35. The lowest BCUT2D eigenvalue weighted by Gasteiger charge is -2.11. The molecule has 2 N–H and O–H groups in total. The minimum atomic E-state index is -4.45. The van der Waals surface area contributed by atoms with Crippen molar-refractivity contribution < 1.29 is 13.2 Å². The predicted octanol–water partition coefficient (Wildman–Crippen LogP) is 2.14. The van der Waals surface area contributed by atoms with E-state index in [0.29, 0.717) is 0 Å². The van der Waals surface area contributed by atoms with E-state index < -0.39 is 11.7 Å². The normalized spacial score (nSPS) is 11.5. The second kappa shape index (κ2) is 4.00. The molecule has 0 radical (unpaired) electrons. The van der Waals surface area contributed by atoms with Gasteiger partial charge >= 0.3 is 6.18 Å². The Hall–Kier alpha value is -2.18. The van der Waals surface area contributed by atoms with Gasteiger partial charge in [0, 0.05) is 5.56 Å². The molecule has 1 heterocycles. The lowest BCUT2D eigenvalue weighted by Crippen LogP contribution is -2.08. The van der Waals surface area contributed by atoms with Gasteiger partial charge in [-0.05, 0) is 6.07 Å². The Morgan fingerprint density at radius 3 is 2.47 bits per heavy atom. The predicted molar refractivity (Wildman–Crippen MR) is 54.7 cm³/mol. The van der Waals surface area contributed by atoms with Gasteiger partial charge in [-0.25, -0.2) is 4.98 Å². The molecule has 7 heteroatoms. The second-order valence-corrected chi connectivity index (χ2v) is 3.24. The number of hydrogen-bond acceptors (Lipinski definition) is 4. The highest BCUT2D eigenvalue weighted by molar-refractivity contribution is 5.64. The highest BCUT2D eigenvalue weighted by Gasteiger charge is 2.33. The van der Waals surface area contributed by atoms with Crippen molar-refractivity contribution in [3.05, 3.63) is 36.0 Å². The Labute approximate surface area is 94.3 Å². The standard InChI is InChI=1S/C10H7F3N4/c11-10(12,13)7-4-2-1-3-6(7)8-5-15-17-9(14)16-8/h1-5H,(H2,14,16,17). The van der Waals surface area contributed by atoms with Gasteiger partial charge in [0.1, 0.15) is 0 Å². The molecule has 88 valence electrons. The van der Waals surface area contributed by atoms with Crippen LogP contribution in [0.25, 0.3) is 11.3 Å². The molecular weight excluding hydrogens is 233 g/mol. The first-order chi connectivity index (χ1) is 7.98. The molecule has 0 amide bonds. The largest absolute Gasteiger partial charge is 0.417 e. The first kappa shape index (κ1) is 11.3. The van der Waals surface area contributed by atoms with Gasteiger partial charge in [0.05, 0.1) is 17.5 Å². The van der Waals surface area contributed by atoms with Crippen molar-refractivity contribution in [3.8, 4) is 11.3 Å². The molecule has 0 bridgehead atoms. The molecule has 2 aromatic rings. The maximum absolute atomic E-state index is 12.7. The quantitative estimate of drug-likeness (QED) is 0.829. The summed E-state index contributed by atoms with van der Waals surface area (Å²) in [5.41, 5.74) is 4.49. The molecule has 0 unspecified atom stereocenters. The molecule has 0 fully saturated rings. The summed E-state index contributed by atoms with van der Waals surface area (Å²) < 4.78 is 38.2. The lowest BCUT2D eigenvalue weighted by molar-refractivity contribution is -0.137. The zero-order chi connectivity index (χ0) is 12.5. The van der Waals surface area contributed by atoms with Crippen LogP contribution in [0.1, 0.15) is 5.56 Å². The molecular formula is C10H7F3N4. The summed E-state index contributed by atoms with van der Waals surface area (Å²) in [6.07, 6.45) is -3.31. The fraction of sp³-hybridized carbons (Fsp3) is 0.100. The summed E-state index contributed by atoms with van der Waals surface area (Å²) in [5, 5.41) is 6.87. The maximum Gasteiger partial charge on any atom is 0.417 e. The molecule has 0 aliphatic rings. The van der Waals surface area contributed by atoms with Crippen LogP contribution in [0.15, 0.2) is 30.5 Å². The topological polar surface area (TPSA) is 64.7 Å². The van der Waals surface area contributed by atoms with Crippen LogP contribution in [-0.2, 0) is 6.18 Å². The second-order valence-electron chi connectivity index (χ2n) is 3.24. The van der Waals surface area contributed by atoms with Crippen LogP contribution in [0.2, 0.25) is 0 Å². The van der Waals surface area contributed by atoms with Crippen molar-refractivity contribution in [2.24, 2.45) is 0 Å². The molecule has 0 aliphatic heterocycles. The average molecular weight is 240 g/mol. The van der Waals surface area contributed by atoms with E-state index in [1.165, 1.54) is 18.2 Å². The molecule has 2 rings (SSSR count). The zero-order valence-corrected chi connectivity index (χ0v) is 8.44. The van der Waals surface area contributed by atoms with Gasteiger partial charge in [0.2, 0.25) is 5.95 Å². The molecule has 1 aromatic carbocycles. The molecule has 0 atom stereocenters. The third-order valence-electron chi connectivity index (χ3n) is 2.08. The van der Waals surface area contributed by atoms with Crippen LogP contribution < -0.4 is 5.73 Å². The van der Waals surface area contributed by atoms with E-state index in [1.54, 1.807) is 0 Å². The van der Waals surface area contributed by atoms with E-state index in [4.69, 9.17) is 5.73 Å². The average Bonchev–Trinajstić information content (AvgIpc) is 2.28. The fourth-order valence-electron chi connectivity index (χ4n) is 1.40. The van der Waals surface area contributed by atoms with Crippen molar-refractivity contribution in [2.45, 2.75) is 6.18 Å². The molecule has 0 spiro atoms. The molecule has 1 aromatic heterocycles. The number of alkyl halides is 3. The van der Waals surface area contributed by atoms with Gasteiger partial charge in [-0.2, -0.15) is 18.3 Å². The van der Waals surface area contributed by atoms with E-state index in [9.17, 15) is 13.2 Å². The first-order valence-corrected chi connectivity index (χ1v) is 4.60. The van der Waals surface area contributed by atoms with Crippen molar-refractivity contribution >= 4 is 5.95 Å². The summed E-state index contributed by atoms with van der Waals surface area (Å²) in [7, 11) is 0. The van der Waals surface area contributed by atoms with E-state index in [2.05, 4.69) is 15.2 Å². The van der Waals surface area contributed by atoms with Crippen LogP contribution in [-0.4, -0.2) is 15.2 Å². The summed E-state index contributed by atoms with van der Waals surface area (Å²) in [6.45, 7) is 0. The van der Waals surface area contributed by atoms with Gasteiger partial charge in [-0.3, -0.25) is 0 Å². The van der Waals surface area contributed by atoms with Gasteiger partial charge < -0.3 is 5.73 Å². The Bertz CT molecular complexity index is 539. The number of benzene rings is 1. The van der Waals surface area contributed by atoms with Crippen LogP contribution in [0.4, 0.5) is 19.1 Å². The van der Waals surface area contributed by atoms with Crippen molar-refractivity contribution in [3.63, 3.8) is 0 Å². The lowest BCUT2D eigenvalue weighted by atomic mass is 10.0. The molecule has 0 aliphatic carbocycles. The van der Waals surface area contributed by atoms with Gasteiger partial charge in [-0.15, -0.1) is 5.10 Å². The SMILES string of the molecule is Nc1nncc(-c2ccccc2C(F)(F)F)n1. The van der Waals surface area contributed by atoms with E-state index >= 15 is 0 Å². The van der Waals surface area contributed by atoms with Crippen LogP contribution >= 0.6 is 0 Å². The number of hydrogen-bond donors (Lipinski definition) is 1. The van der Waals surface area contributed by atoms with Crippen LogP contribution in [0.3, 0.4) is 0 Å². The minimum absolute atomic E-state index is 0.0467. The van der Waals surface area contributed by atoms with Crippen molar-refractivity contribution in [1.29, 1.82) is 0 Å². The van der Waals surface area contributed by atoms with Crippen LogP contribution in [0, 0.1) is 0 Å². The highest BCUT2D eigenvalue weighted by atomic mass is 19.4. The molecule has 0 saturated carbocycles. The Balaban J connectivity index is 2.60. The van der Waals surface area contributed by atoms with Crippen LogP contribution in [0.5, 0.6) is 0 Å².